The molecule has 0 spiro atoms. The fourth-order valence-corrected chi connectivity index (χ4v) is 4.77. The number of carbonyl (C=O) groups excluding carboxylic acids is 1. The highest BCUT2D eigenvalue weighted by Crippen LogP contribution is 2.27. The van der Waals surface area contributed by atoms with Gasteiger partial charge in [0.05, 0.1) is 12.0 Å². The van der Waals surface area contributed by atoms with E-state index >= 15 is 0 Å². The molecule has 1 atom stereocenters. The van der Waals surface area contributed by atoms with Gasteiger partial charge in [0.15, 0.2) is 5.69 Å². The van der Waals surface area contributed by atoms with Crippen molar-refractivity contribution in [1.82, 2.24) is 9.71 Å². The number of carbonyl (C=O) groups is 1. The summed E-state index contributed by atoms with van der Waals surface area (Å²) in [4.78, 5) is 16.0. The zero-order valence-electron chi connectivity index (χ0n) is 15.9. The molecule has 150 valence electrons. The number of nitrogens with two attached hydrogens (primary N) is 1. The minimum atomic E-state index is -3.86. The molecule has 0 saturated carbocycles. The summed E-state index contributed by atoms with van der Waals surface area (Å²) in [5, 5.41) is 0.819. The number of pyridine rings is 1. The lowest BCUT2D eigenvalue weighted by Crippen LogP contribution is -2.52. The van der Waals surface area contributed by atoms with Crippen molar-refractivity contribution in [3.8, 4) is 0 Å². The van der Waals surface area contributed by atoms with E-state index in [2.05, 4.69) is 9.71 Å². The van der Waals surface area contributed by atoms with E-state index in [4.69, 9.17) is 10.5 Å². The molecule has 2 rings (SSSR count). The smallest absolute Gasteiger partial charge is 0.357 e. The summed E-state index contributed by atoms with van der Waals surface area (Å²) in [6.45, 7) is 5.98. The molecule has 1 aromatic heterocycles. The second-order valence-electron chi connectivity index (χ2n) is 6.97. The number of methoxy groups -OCH3 is 1. The highest BCUT2D eigenvalue weighted by molar-refractivity contribution is 7.89. The average Bonchev–Trinajstić information content (AvgIpc) is 2.58. The first-order chi connectivity index (χ1) is 12.1. The predicted octanol–water partition coefficient (Wildman–Crippen LogP) is 2.49. The van der Waals surface area contributed by atoms with E-state index < -0.39 is 21.5 Å². The minimum absolute atomic E-state index is 0. The van der Waals surface area contributed by atoms with Gasteiger partial charge < -0.3 is 10.5 Å². The van der Waals surface area contributed by atoms with Crippen LogP contribution in [0.5, 0.6) is 0 Å². The van der Waals surface area contributed by atoms with Crippen LogP contribution >= 0.6 is 12.4 Å². The van der Waals surface area contributed by atoms with E-state index in [0.29, 0.717) is 17.2 Å². The van der Waals surface area contributed by atoms with Crippen molar-refractivity contribution in [1.29, 1.82) is 0 Å². The van der Waals surface area contributed by atoms with E-state index in [9.17, 15) is 13.2 Å². The first kappa shape index (κ1) is 23.3. The van der Waals surface area contributed by atoms with E-state index in [1.54, 1.807) is 25.1 Å². The van der Waals surface area contributed by atoms with Crippen LogP contribution in [0.3, 0.4) is 0 Å². The van der Waals surface area contributed by atoms with Crippen LogP contribution in [0.15, 0.2) is 35.4 Å². The summed E-state index contributed by atoms with van der Waals surface area (Å²) >= 11 is 0. The summed E-state index contributed by atoms with van der Waals surface area (Å²) in [6.07, 6.45) is 1.99. The van der Waals surface area contributed by atoms with Gasteiger partial charge in [-0.2, -0.15) is 0 Å². The van der Waals surface area contributed by atoms with Gasteiger partial charge in [0, 0.05) is 29.1 Å². The number of nitrogens with one attached hydrogen (secondary N) is 1. The normalized spacial score (nSPS) is 13.9. The van der Waals surface area contributed by atoms with Gasteiger partial charge in [-0.25, -0.2) is 22.9 Å². The molecule has 7 nitrogen and oxygen atoms in total. The Morgan fingerprint density at radius 1 is 1.30 bits per heavy atom. The zero-order valence-corrected chi connectivity index (χ0v) is 17.5. The highest BCUT2D eigenvalue weighted by atomic mass is 35.5. The molecular formula is C18H26ClN3O4S. The number of benzene rings is 1. The number of hydrogen-bond acceptors (Lipinski definition) is 6. The number of nitrogens with zero attached hydrogens (tertiary/aromatic N) is 1. The first-order valence-electron chi connectivity index (χ1n) is 8.33. The number of rotatable bonds is 7. The van der Waals surface area contributed by atoms with Crippen molar-refractivity contribution in [2.45, 2.75) is 37.6 Å². The third kappa shape index (κ3) is 5.16. The largest absolute Gasteiger partial charge is 0.464 e. The Morgan fingerprint density at radius 2 is 1.96 bits per heavy atom. The lowest BCUT2D eigenvalue weighted by molar-refractivity contribution is 0.0596. The number of esters is 1. The number of ether oxygens (including phenoxy) is 1. The average molecular weight is 416 g/mol. The standard InChI is InChI=1S/C18H25N3O4S.ClH/c1-12(2)10-18(3,11-19)21-26(23,24)15-7-5-6-14-13(15)8-9-20-16(14)17(22)25-4;/h5-9,12,21H,10-11,19H2,1-4H3;1H. The Hall–Kier alpha value is -1.74. The van der Waals surface area contributed by atoms with E-state index in [0.717, 1.165) is 0 Å². The van der Waals surface area contributed by atoms with Crippen molar-refractivity contribution >= 4 is 39.2 Å². The molecule has 1 aromatic carbocycles. The maximum Gasteiger partial charge on any atom is 0.357 e. The lowest BCUT2D eigenvalue weighted by atomic mass is 9.92. The minimum Gasteiger partial charge on any atom is -0.464 e. The molecule has 2 aromatic rings. The molecule has 0 fully saturated rings. The fraction of sp³-hybridized carbons (Fsp3) is 0.444. The second kappa shape index (κ2) is 8.97. The van der Waals surface area contributed by atoms with Crippen molar-refractivity contribution in [2.75, 3.05) is 13.7 Å². The molecule has 0 aliphatic carbocycles. The second-order valence-corrected chi connectivity index (χ2v) is 8.62. The summed E-state index contributed by atoms with van der Waals surface area (Å²) < 4.78 is 33.6. The Kier molecular flexibility index (Phi) is 7.74. The maximum absolute atomic E-state index is 13.0. The molecule has 0 aliphatic heterocycles. The number of hydrogen-bond donors (Lipinski definition) is 2. The molecule has 0 radical (unpaired) electrons. The van der Waals surface area contributed by atoms with Crippen LogP contribution < -0.4 is 10.5 Å². The van der Waals surface area contributed by atoms with Gasteiger partial charge in [-0.05, 0) is 31.4 Å². The SMILES string of the molecule is COC(=O)c1nccc2c(S(=O)(=O)NC(C)(CN)CC(C)C)cccc12.Cl. The zero-order chi connectivity index (χ0) is 19.5. The summed E-state index contributed by atoms with van der Waals surface area (Å²) in [5.41, 5.74) is 5.14. The molecule has 1 heterocycles. The molecule has 9 heteroatoms. The quantitative estimate of drug-likeness (QED) is 0.672. The summed E-state index contributed by atoms with van der Waals surface area (Å²) in [7, 11) is -2.61. The molecule has 27 heavy (non-hydrogen) atoms. The summed E-state index contributed by atoms with van der Waals surface area (Å²) in [5.74, 6) is -0.349. The Bertz CT molecular complexity index is 918. The Labute approximate surface area is 166 Å². The molecule has 0 saturated heterocycles. The Balaban J connectivity index is 0.00000364. The third-order valence-electron chi connectivity index (χ3n) is 4.12. The number of fused-ring (bicyclic) bond motifs is 1. The van der Waals surface area contributed by atoms with Gasteiger partial charge in [-0.1, -0.05) is 26.0 Å². The topological polar surface area (TPSA) is 111 Å². The molecule has 3 N–H and O–H groups in total. The van der Waals surface area contributed by atoms with Crippen LogP contribution in [0.1, 0.15) is 37.7 Å². The van der Waals surface area contributed by atoms with Crippen LogP contribution in [0.25, 0.3) is 10.8 Å². The number of sulfonamides is 1. The van der Waals surface area contributed by atoms with Gasteiger partial charge in [-0.15, -0.1) is 12.4 Å². The van der Waals surface area contributed by atoms with Crippen LogP contribution in [-0.4, -0.2) is 38.6 Å². The van der Waals surface area contributed by atoms with Crippen molar-refractivity contribution < 1.29 is 17.9 Å². The van der Waals surface area contributed by atoms with Crippen molar-refractivity contribution in [2.24, 2.45) is 11.7 Å². The van der Waals surface area contributed by atoms with Crippen molar-refractivity contribution in [3.05, 3.63) is 36.2 Å². The van der Waals surface area contributed by atoms with Gasteiger partial charge in [0.2, 0.25) is 10.0 Å². The molecule has 0 bridgehead atoms. The van der Waals surface area contributed by atoms with Crippen LogP contribution in [0.2, 0.25) is 0 Å². The maximum atomic E-state index is 13.0. The van der Waals surface area contributed by atoms with Crippen LogP contribution in [0, 0.1) is 5.92 Å². The number of halogens is 1. The fourth-order valence-electron chi connectivity index (χ4n) is 3.12. The molecular weight excluding hydrogens is 390 g/mol. The highest BCUT2D eigenvalue weighted by Gasteiger charge is 2.31. The Morgan fingerprint density at radius 3 is 2.52 bits per heavy atom. The van der Waals surface area contributed by atoms with Crippen molar-refractivity contribution in [3.63, 3.8) is 0 Å². The summed E-state index contributed by atoms with van der Waals surface area (Å²) in [6, 6.07) is 6.29. The van der Waals surface area contributed by atoms with E-state index in [1.807, 2.05) is 13.8 Å². The molecule has 0 aliphatic rings. The number of aromatic nitrogens is 1. The van der Waals surface area contributed by atoms with Crippen LogP contribution in [-0.2, 0) is 14.8 Å². The molecule has 0 amide bonds. The molecule has 1 unspecified atom stereocenters. The van der Waals surface area contributed by atoms with Gasteiger partial charge in [0.25, 0.3) is 0 Å². The van der Waals surface area contributed by atoms with Gasteiger partial charge in [-0.3, -0.25) is 0 Å². The van der Waals surface area contributed by atoms with Gasteiger partial charge >= 0.3 is 5.97 Å². The predicted molar refractivity (Wildman–Crippen MR) is 108 cm³/mol. The monoisotopic (exact) mass is 415 g/mol. The van der Waals surface area contributed by atoms with E-state index in [-0.39, 0.29) is 35.5 Å². The van der Waals surface area contributed by atoms with Crippen LogP contribution in [0.4, 0.5) is 0 Å². The third-order valence-corrected chi connectivity index (χ3v) is 5.82. The van der Waals surface area contributed by atoms with Gasteiger partial charge in [0.1, 0.15) is 0 Å². The van der Waals surface area contributed by atoms with E-state index in [1.165, 1.54) is 19.4 Å². The lowest BCUT2D eigenvalue weighted by Gasteiger charge is -2.31. The first-order valence-corrected chi connectivity index (χ1v) is 9.82.